The molecule has 0 radical (unpaired) electrons. The van der Waals surface area contributed by atoms with E-state index in [0.717, 1.165) is 38.2 Å². The van der Waals surface area contributed by atoms with Gasteiger partial charge >= 0.3 is 0 Å². The van der Waals surface area contributed by atoms with Gasteiger partial charge < -0.3 is 4.90 Å². The standard InChI is InChI=1S/C14H20N4O/c1-2-8-18-9-5-13(6-10-18)16-17-14(19)12-4-3-7-15-11-12/h3-4,7,11H,2,5-6,8-10H2,1H3,(H,17,19). The van der Waals surface area contributed by atoms with Crippen molar-refractivity contribution in [1.29, 1.82) is 0 Å². The molecule has 102 valence electrons. The van der Waals surface area contributed by atoms with Crippen molar-refractivity contribution < 1.29 is 4.79 Å². The first-order valence-electron chi connectivity index (χ1n) is 6.77. The first kappa shape index (κ1) is 13.7. The lowest BCUT2D eigenvalue weighted by Gasteiger charge is -2.26. The van der Waals surface area contributed by atoms with Crippen LogP contribution in [0.15, 0.2) is 29.6 Å². The second-order valence-corrected chi connectivity index (χ2v) is 4.70. The molecular formula is C14H20N4O. The zero-order valence-corrected chi connectivity index (χ0v) is 11.3. The van der Waals surface area contributed by atoms with Gasteiger partial charge in [0.1, 0.15) is 0 Å². The Kier molecular flexibility index (Phi) is 5.03. The minimum Gasteiger partial charge on any atom is -0.303 e. The smallest absolute Gasteiger partial charge is 0.272 e. The van der Waals surface area contributed by atoms with Crippen LogP contribution in [0.5, 0.6) is 0 Å². The Balaban J connectivity index is 1.82. The number of amides is 1. The van der Waals surface area contributed by atoms with Crippen LogP contribution in [0, 0.1) is 0 Å². The summed E-state index contributed by atoms with van der Waals surface area (Å²) in [6, 6.07) is 3.47. The van der Waals surface area contributed by atoms with Crippen molar-refractivity contribution in [3.8, 4) is 0 Å². The molecule has 0 saturated carbocycles. The van der Waals surface area contributed by atoms with Gasteiger partial charge in [-0.25, -0.2) is 5.43 Å². The summed E-state index contributed by atoms with van der Waals surface area (Å²) >= 11 is 0. The summed E-state index contributed by atoms with van der Waals surface area (Å²) in [5.41, 5.74) is 4.22. The van der Waals surface area contributed by atoms with Crippen LogP contribution in [-0.2, 0) is 0 Å². The van der Waals surface area contributed by atoms with Crippen LogP contribution in [0.4, 0.5) is 0 Å². The van der Waals surface area contributed by atoms with Crippen molar-refractivity contribution in [2.45, 2.75) is 26.2 Å². The van der Waals surface area contributed by atoms with Crippen molar-refractivity contribution in [3.63, 3.8) is 0 Å². The quantitative estimate of drug-likeness (QED) is 0.838. The first-order valence-corrected chi connectivity index (χ1v) is 6.77. The summed E-state index contributed by atoms with van der Waals surface area (Å²) in [7, 11) is 0. The van der Waals surface area contributed by atoms with Crippen molar-refractivity contribution in [2.75, 3.05) is 19.6 Å². The Hall–Kier alpha value is -1.75. The van der Waals surface area contributed by atoms with Crippen LogP contribution in [-0.4, -0.2) is 41.1 Å². The number of hydrogen-bond donors (Lipinski definition) is 1. The Labute approximate surface area is 113 Å². The van der Waals surface area contributed by atoms with E-state index in [-0.39, 0.29) is 5.91 Å². The molecular weight excluding hydrogens is 240 g/mol. The Morgan fingerprint density at radius 2 is 2.26 bits per heavy atom. The van der Waals surface area contributed by atoms with Gasteiger partial charge in [-0.2, -0.15) is 5.10 Å². The highest BCUT2D eigenvalue weighted by Gasteiger charge is 2.14. The first-order chi connectivity index (χ1) is 9.29. The predicted octanol–water partition coefficient (Wildman–Crippen LogP) is 1.67. The van der Waals surface area contributed by atoms with Gasteiger partial charge in [-0.15, -0.1) is 0 Å². The van der Waals surface area contributed by atoms with E-state index in [4.69, 9.17) is 0 Å². The van der Waals surface area contributed by atoms with E-state index >= 15 is 0 Å². The number of likely N-dealkylation sites (tertiary alicyclic amines) is 1. The van der Waals surface area contributed by atoms with Crippen LogP contribution >= 0.6 is 0 Å². The lowest BCUT2D eigenvalue weighted by molar-refractivity contribution is 0.0954. The molecule has 1 aliphatic rings. The molecule has 0 atom stereocenters. The number of nitrogens with zero attached hydrogens (tertiary/aromatic N) is 3. The third kappa shape index (κ3) is 4.13. The van der Waals surface area contributed by atoms with Gasteiger partial charge in [0.05, 0.1) is 5.56 Å². The number of hydrazone groups is 1. The molecule has 5 heteroatoms. The maximum atomic E-state index is 11.8. The molecule has 0 aliphatic carbocycles. The van der Waals surface area contributed by atoms with E-state index in [1.807, 2.05) is 0 Å². The number of carbonyl (C=O) groups is 1. The summed E-state index contributed by atoms with van der Waals surface area (Å²) in [5, 5.41) is 4.22. The van der Waals surface area contributed by atoms with Crippen LogP contribution in [0.3, 0.4) is 0 Å². The van der Waals surface area contributed by atoms with Crippen molar-refractivity contribution in [3.05, 3.63) is 30.1 Å². The number of pyridine rings is 1. The van der Waals surface area contributed by atoms with Gasteiger partial charge in [0.2, 0.25) is 0 Å². The van der Waals surface area contributed by atoms with E-state index < -0.39 is 0 Å². The molecule has 1 fully saturated rings. The zero-order valence-electron chi connectivity index (χ0n) is 11.3. The summed E-state index contributed by atoms with van der Waals surface area (Å²) in [6.07, 6.45) is 6.25. The largest absolute Gasteiger partial charge is 0.303 e. The average molecular weight is 260 g/mol. The van der Waals surface area contributed by atoms with E-state index in [1.165, 1.54) is 6.42 Å². The molecule has 0 unspecified atom stereocenters. The third-order valence-corrected chi connectivity index (χ3v) is 3.21. The number of piperidine rings is 1. The molecule has 19 heavy (non-hydrogen) atoms. The van der Waals surface area contributed by atoms with Gasteiger partial charge in [-0.05, 0) is 25.1 Å². The Morgan fingerprint density at radius 1 is 1.47 bits per heavy atom. The third-order valence-electron chi connectivity index (χ3n) is 3.21. The highest BCUT2D eigenvalue weighted by atomic mass is 16.2. The fourth-order valence-corrected chi connectivity index (χ4v) is 2.15. The maximum absolute atomic E-state index is 11.8. The summed E-state index contributed by atoms with van der Waals surface area (Å²) < 4.78 is 0. The number of aromatic nitrogens is 1. The summed E-state index contributed by atoms with van der Waals surface area (Å²) in [5.74, 6) is -0.198. The Morgan fingerprint density at radius 3 is 2.89 bits per heavy atom. The average Bonchev–Trinajstić information content (AvgIpc) is 2.47. The van der Waals surface area contributed by atoms with Crippen LogP contribution in [0.1, 0.15) is 36.5 Å². The topological polar surface area (TPSA) is 57.6 Å². The molecule has 2 heterocycles. The minimum atomic E-state index is -0.198. The lowest BCUT2D eigenvalue weighted by Crippen LogP contribution is -2.35. The van der Waals surface area contributed by atoms with Gasteiger partial charge in [0.15, 0.2) is 0 Å². The molecule has 1 N–H and O–H groups in total. The van der Waals surface area contributed by atoms with E-state index in [1.54, 1.807) is 24.5 Å². The zero-order chi connectivity index (χ0) is 13.5. The highest BCUT2D eigenvalue weighted by Crippen LogP contribution is 2.07. The van der Waals surface area contributed by atoms with Crippen molar-refractivity contribution >= 4 is 11.6 Å². The van der Waals surface area contributed by atoms with Crippen LogP contribution in [0.2, 0.25) is 0 Å². The number of carbonyl (C=O) groups excluding carboxylic acids is 1. The second-order valence-electron chi connectivity index (χ2n) is 4.70. The van der Waals surface area contributed by atoms with Crippen molar-refractivity contribution in [1.82, 2.24) is 15.3 Å². The van der Waals surface area contributed by atoms with Gasteiger partial charge in [0.25, 0.3) is 5.91 Å². The minimum absolute atomic E-state index is 0.198. The normalized spacial score (nSPS) is 16.2. The molecule has 1 aromatic heterocycles. The second kappa shape index (κ2) is 6.99. The fraction of sp³-hybridized carbons (Fsp3) is 0.500. The molecule has 1 aliphatic heterocycles. The number of nitrogens with one attached hydrogen (secondary N) is 1. The lowest BCUT2D eigenvalue weighted by atomic mass is 10.1. The highest BCUT2D eigenvalue weighted by molar-refractivity contribution is 5.95. The molecule has 1 saturated heterocycles. The number of rotatable bonds is 4. The fourth-order valence-electron chi connectivity index (χ4n) is 2.15. The maximum Gasteiger partial charge on any atom is 0.272 e. The van der Waals surface area contributed by atoms with Gasteiger partial charge in [-0.3, -0.25) is 9.78 Å². The Bertz CT molecular complexity index is 434. The van der Waals surface area contributed by atoms with Gasteiger partial charge in [-0.1, -0.05) is 6.92 Å². The van der Waals surface area contributed by atoms with E-state index in [0.29, 0.717) is 5.56 Å². The summed E-state index contributed by atoms with van der Waals surface area (Å²) in [4.78, 5) is 18.1. The molecule has 1 amide bonds. The molecule has 2 rings (SSSR count). The van der Waals surface area contributed by atoms with E-state index in [2.05, 4.69) is 27.3 Å². The molecule has 0 spiro atoms. The van der Waals surface area contributed by atoms with Gasteiger partial charge in [0, 0.05) is 44.0 Å². The number of hydrogen-bond acceptors (Lipinski definition) is 4. The van der Waals surface area contributed by atoms with Crippen LogP contribution in [0.25, 0.3) is 0 Å². The molecule has 0 aromatic carbocycles. The molecule has 0 bridgehead atoms. The van der Waals surface area contributed by atoms with Crippen LogP contribution < -0.4 is 5.43 Å². The predicted molar refractivity (Wildman–Crippen MR) is 75.1 cm³/mol. The monoisotopic (exact) mass is 260 g/mol. The van der Waals surface area contributed by atoms with E-state index in [9.17, 15) is 4.79 Å². The molecule has 1 aromatic rings. The molecule has 5 nitrogen and oxygen atoms in total. The summed E-state index contributed by atoms with van der Waals surface area (Å²) in [6.45, 7) is 5.41. The van der Waals surface area contributed by atoms with Crippen molar-refractivity contribution in [2.24, 2.45) is 5.10 Å². The SMILES string of the molecule is CCCN1CCC(=NNC(=O)c2cccnc2)CC1.